The van der Waals surface area contributed by atoms with Crippen LogP contribution in [0.3, 0.4) is 0 Å². The number of carboxylic acids is 1. The summed E-state index contributed by atoms with van der Waals surface area (Å²) < 4.78 is 1.56. The van der Waals surface area contributed by atoms with Crippen LogP contribution in [0.2, 0.25) is 5.02 Å². The molecule has 6 heteroatoms. The first kappa shape index (κ1) is 11.6. The second-order valence-corrected chi connectivity index (χ2v) is 3.75. The van der Waals surface area contributed by atoms with Gasteiger partial charge in [0, 0.05) is 24.5 Å². The third-order valence-electron chi connectivity index (χ3n) is 2.33. The highest BCUT2D eigenvalue weighted by atomic mass is 35.5. The predicted octanol–water partition coefficient (Wildman–Crippen LogP) is 2.32. The van der Waals surface area contributed by atoms with E-state index in [1.807, 2.05) is 13.0 Å². The molecule has 0 radical (unpaired) electrons. The van der Waals surface area contributed by atoms with Crippen molar-refractivity contribution in [1.29, 1.82) is 0 Å². The normalized spacial score (nSPS) is 10.5. The number of carbonyl (C=O) groups is 1. The molecule has 2 rings (SSSR count). The highest BCUT2D eigenvalue weighted by Crippen LogP contribution is 2.30. The number of aromatic nitrogens is 3. The Balaban J connectivity index is 2.64. The van der Waals surface area contributed by atoms with Crippen molar-refractivity contribution in [3.8, 4) is 11.3 Å². The largest absolute Gasteiger partial charge is 0.476 e. The van der Waals surface area contributed by atoms with E-state index < -0.39 is 5.97 Å². The molecule has 1 N–H and O–H groups in total. The molecular weight excluding hydrogens is 242 g/mol. The minimum atomic E-state index is -1.13. The molecule has 88 valence electrons. The van der Waals surface area contributed by atoms with Gasteiger partial charge in [-0.25, -0.2) is 4.79 Å². The van der Waals surface area contributed by atoms with Gasteiger partial charge in [0.1, 0.15) is 5.02 Å². The number of aromatic carboxylic acids is 1. The number of hydrogen-bond donors (Lipinski definition) is 1. The van der Waals surface area contributed by atoms with Crippen molar-refractivity contribution in [2.75, 3.05) is 0 Å². The van der Waals surface area contributed by atoms with E-state index in [0.29, 0.717) is 12.2 Å². The lowest BCUT2D eigenvalue weighted by Crippen LogP contribution is -2.02. The van der Waals surface area contributed by atoms with Crippen LogP contribution in [0, 0.1) is 0 Å². The van der Waals surface area contributed by atoms with Gasteiger partial charge in [-0.3, -0.25) is 9.67 Å². The molecule has 2 aromatic rings. The highest BCUT2D eigenvalue weighted by Gasteiger charge is 2.21. The zero-order chi connectivity index (χ0) is 12.4. The monoisotopic (exact) mass is 251 g/mol. The summed E-state index contributed by atoms with van der Waals surface area (Å²) in [6.45, 7) is 2.41. The minimum Gasteiger partial charge on any atom is -0.476 e. The van der Waals surface area contributed by atoms with Crippen molar-refractivity contribution in [3.63, 3.8) is 0 Å². The van der Waals surface area contributed by atoms with Gasteiger partial charge in [-0.15, -0.1) is 0 Å². The number of nitrogens with zero attached hydrogens (tertiary/aromatic N) is 3. The van der Waals surface area contributed by atoms with E-state index in [2.05, 4.69) is 10.1 Å². The second-order valence-electron chi connectivity index (χ2n) is 3.37. The zero-order valence-electron chi connectivity index (χ0n) is 9.09. The third-order valence-corrected chi connectivity index (χ3v) is 2.69. The van der Waals surface area contributed by atoms with E-state index in [4.69, 9.17) is 16.7 Å². The van der Waals surface area contributed by atoms with Crippen molar-refractivity contribution in [1.82, 2.24) is 14.8 Å². The van der Waals surface area contributed by atoms with Crippen LogP contribution in [-0.2, 0) is 6.54 Å². The number of pyridine rings is 1. The topological polar surface area (TPSA) is 68.0 Å². The van der Waals surface area contributed by atoms with Gasteiger partial charge in [-0.1, -0.05) is 11.6 Å². The molecule has 5 nitrogen and oxygen atoms in total. The number of rotatable bonds is 3. The molecule has 0 saturated heterocycles. The molecular formula is C11H10ClN3O2. The molecule has 17 heavy (non-hydrogen) atoms. The molecule has 0 atom stereocenters. The number of hydrogen-bond acceptors (Lipinski definition) is 3. The quantitative estimate of drug-likeness (QED) is 0.909. The minimum absolute atomic E-state index is 0.132. The smallest absolute Gasteiger partial charge is 0.358 e. The summed E-state index contributed by atoms with van der Waals surface area (Å²) in [5.41, 5.74) is 1.20. The van der Waals surface area contributed by atoms with E-state index in [9.17, 15) is 4.79 Å². The lowest BCUT2D eigenvalue weighted by molar-refractivity contribution is 0.0689. The molecule has 0 aliphatic heterocycles. The molecule has 0 saturated carbocycles. The predicted molar refractivity (Wildman–Crippen MR) is 63.1 cm³/mol. The van der Waals surface area contributed by atoms with Crippen molar-refractivity contribution in [2.45, 2.75) is 13.5 Å². The standard InChI is InChI=1S/C11H10ClN3O2/c1-2-15-10(7-4-3-5-13-6-7)8(12)9(14-15)11(16)17/h3-6H,2H2,1H3,(H,16,17). The summed E-state index contributed by atoms with van der Waals surface area (Å²) in [5.74, 6) is -1.13. The summed E-state index contributed by atoms with van der Waals surface area (Å²) in [5, 5.41) is 13.1. The van der Waals surface area contributed by atoms with Crippen LogP contribution in [0.5, 0.6) is 0 Å². The fourth-order valence-corrected chi connectivity index (χ4v) is 1.91. The first-order chi connectivity index (χ1) is 8.15. The van der Waals surface area contributed by atoms with Gasteiger partial charge >= 0.3 is 5.97 Å². The Morgan fingerprint density at radius 2 is 2.35 bits per heavy atom. The van der Waals surface area contributed by atoms with E-state index in [0.717, 1.165) is 5.56 Å². The van der Waals surface area contributed by atoms with E-state index >= 15 is 0 Å². The molecule has 0 aliphatic rings. The Hall–Kier alpha value is -1.88. The first-order valence-electron chi connectivity index (χ1n) is 5.05. The van der Waals surface area contributed by atoms with Crippen LogP contribution in [-0.4, -0.2) is 25.8 Å². The van der Waals surface area contributed by atoms with Crippen LogP contribution in [0.25, 0.3) is 11.3 Å². The van der Waals surface area contributed by atoms with E-state index in [1.165, 1.54) is 0 Å². The molecule has 0 unspecified atom stereocenters. The maximum absolute atomic E-state index is 11.0. The Morgan fingerprint density at radius 1 is 1.59 bits per heavy atom. The molecule has 0 spiro atoms. The Labute approximate surface area is 103 Å². The zero-order valence-corrected chi connectivity index (χ0v) is 9.85. The van der Waals surface area contributed by atoms with Gasteiger partial charge in [-0.05, 0) is 19.1 Å². The van der Waals surface area contributed by atoms with Crippen LogP contribution in [0.4, 0.5) is 0 Å². The third kappa shape index (κ3) is 2.01. The molecule has 0 fully saturated rings. The summed E-state index contributed by atoms with van der Waals surface area (Å²) in [6.07, 6.45) is 3.27. The summed E-state index contributed by atoms with van der Waals surface area (Å²) >= 11 is 6.05. The van der Waals surface area contributed by atoms with Crippen LogP contribution in [0.15, 0.2) is 24.5 Å². The lowest BCUT2D eigenvalue weighted by Gasteiger charge is -2.04. The first-order valence-corrected chi connectivity index (χ1v) is 5.43. The molecule has 0 bridgehead atoms. The average Bonchev–Trinajstić information content (AvgIpc) is 2.67. The second kappa shape index (κ2) is 4.55. The van der Waals surface area contributed by atoms with E-state index in [-0.39, 0.29) is 10.7 Å². The lowest BCUT2D eigenvalue weighted by atomic mass is 10.2. The van der Waals surface area contributed by atoms with Crippen LogP contribution >= 0.6 is 11.6 Å². The van der Waals surface area contributed by atoms with Gasteiger partial charge in [0.05, 0.1) is 5.69 Å². The van der Waals surface area contributed by atoms with Gasteiger partial charge in [0.2, 0.25) is 0 Å². The van der Waals surface area contributed by atoms with Crippen molar-refractivity contribution >= 4 is 17.6 Å². The molecule has 0 amide bonds. The Morgan fingerprint density at radius 3 is 2.88 bits per heavy atom. The van der Waals surface area contributed by atoms with Gasteiger partial charge in [0.15, 0.2) is 5.69 Å². The molecule has 0 aromatic carbocycles. The maximum Gasteiger partial charge on any atom is 0.358 e. The van der Waals surface area contributed by atoms with Crippen molar-refractivity contribution < 1.29 is 9.90 Å². The number of aryl methyl sites for hydroxylation is 1. The summed E-state index contributed by atoms with van der Waals surface area (Å²) in [7, 11) is 0. The number of carboxylic acid groups (broad SMARTS) is 1. The van der Waals surface area contributed by atoms with Gasteiger partial charge in [-0.2, -0.15) is 5.10 Å². The SMILES string of the molecule is CCn1nc(C(=O)O)c(Cl)c1-c1cccnc1. The van der Waals surface area contributed by atoms with Gasteiger partial charge in [0.25, 0.3) is 0 Å². The van der Waals surface area contributed by atoms with Crippen molar-refractivity contribution in [3.05, 3.63) is 35.2 Å². The maximum atomic E-state index is 11.0. The Kier molecular flexibility index (Phi) is 3.10. The fourth-order valence-electron chi connectivity index (χ4n) is 1.58. The highest BCUT2D eigenvalue weighted by molar-refractivity contribution is 6.35. The van der Waals surface area contributed by atoms with Gasteiger partial charge < -0.3 is 5.11 Å². The Bertz CT molecular complexity index is 551. The van der Waals surface area contributed by atoms with Crippen molar-refractivity contribution in [2.24, 2.45) is 0 Å². The molecule has 2 aromatic heterocycles. The summed E-state index contributed by atoms with van der Waals surface area (Å²) in [6, 6.07) is 3.58. The van der Waals surface area contributed by atoms with E-state index in [1.54, 1.807) is 23.1 Å². The van der Waals surface area contributed by atoms with Crippen LogP contribution in [0.1, 0.15) is 17.4 Å². The number of halogens is 1. The summed E-state index contributed by atoms with van der Waals surface area (Å²) in [4.78, 5) is 14.9. The molecule has 0 aliphatic carbocycles. The van der Waals surface area contributed by atoms with Crippen LogP contribution < -0.4 is 0 Å². The molecule has 2 heterocycles. The fraction of sp³-hybridized carbons (Fsp3) is 0.182. The average molecular weight is 252 g/mol.